The first-order valence-electron chi connectivity index (χ1n) is 8.31. The zero-order chi connectivity index (χ0) is 16.2. The molecule has 0 saturated carbocycles. The van der Waals surface area contributed by atoms with Crippen LogP contribution in [0.4, 0.5) is 10.5 Å². The minimum atomic E-state index is -0.0626. The van der Waals surface area contributed by atoms with E-state index in [4.69, 9.17) is 5.73 Å². The van der Waals surface area contributed by atoms with E-state index in [-0.39, 0.29) is 18.0 Å². The van der Waals surface area contributed by atoms with Crippen molar-refractivity contribution in [2.24, 2.45) is 5.73 Å². The second kappa shape index (κ2) is 7.00. The summed E-state index contributed by atoms with van der Waals surface area (Å²) in [5.41, 5.74) is 7.86. The largest absolute Gasteiger partial charge is 0.341 e. The number of carbonyl (C=O) groups is 2. The molecule has 23 heavy (non-hydrogen) atoms. The summed E-state index contributed by atoms with van der Waals surface area (Å²) in [5, 5.41) is 2.78. The molecule has 2 heterocycles. The van der Waals surface area contributed by atoms with Crippen molar-refractivity contribution in [3.63, 3.8) is 0 Å². The van der Waals surface area contributed by atoms with Gasteiger partial charge in [-0.1, -0.05) is 18.6 Å². The summed E-state index contributed by atoms with van der Waals surface area (Å²) in [6, 6.07) is 7.70. The monoisotopic (exact) mass is 316 g/mol. The normalized spacial score (nSPS) is 22.0. The van der Waals surface area contributed by atoms with E-state index in [9.17, 15) is 9.59 Å². The van der Waals surface area contributed by atoms with Crippen molar-refractivity contribution >= 4 is 17.6 Å². The van der Waals surface area contributed by atoms with Crippen LogP contribution in [-0.2, 0) is 11.2 Å². The molecule has 2 aliphatic heterocycles. The van der Waals surface area contributed by atoms with Gasteiger partial charge in [0.2, 0.25) is 5.91 Å². The van der Waals surface area contributed by atoms with Crippen LogP contribution in [0.2, 0.25) is 0 Å². The Kier molecular flexibility index (Phi) is 4.81. The SMILES string of the molecule is N[C@H]1CCCCN(C(=O)Cc2ccc(N3CCNC3=O)cc2)C1. The van der Waals surface area contributed by atoms with Crippen LogP contribution in [-0.4, -0.2) is 49.1 Å². The van der Waals surface area contributed by atoms with E-state index in [0.717, 1.165) is 37.1 Å². The minimum Gasteiger partial charge on any atom is -0.341 e. The smallest absolute Gasteiger partial charge is 0.321 e. The first kappa shape index (κ1) is 15.8. The zero-order valence-corrected chi connectivity index (χ0v) is 13.3. The molecular weight excluding hydrogens is 292 g/mol. The van der Waals surface area contributed by atoms with Crippen molar-refractivity contribution in [3.05, 3.63) is 29.8 Å². The number of benzene rings is 1. The fraction of sp³-hybridized carbons (Fsp3) is 0.529. The van der Waals surface area contributed by atoms with Gasteiger partial charge in [-0.2, -0.15) is 0 Å². The molecular formula is C17H24N4O2. The lowest BCUT2D eigenvalue weighted by Gasteiger charge is -2.23. The molecule has 1 aromatic carbocycles. The molecule has 3 amide bonds. The van der Waals surface area contributed by atoms with Crippen LogP contribution in [0.1, 0.15) is 24.8 Å². The molecule has 6 heteroatoms. The summed E-state index contributed by atoms with van der Waals surface area (Å²) in [7, 11) is 0. The van der Waals surface area contributed by atoms with E-state index >= 15 is 0 Å². The van der Waals surface area contributed by atoms with Gasteiger partial charge in [0.1, 0.15) is 0 Å². The van der Waals surface area contributed by atoms with Crippen LogP contribution in [0.5, 0.6) is 0 Å². The number of hydrogen-bond acceptors (Lipinski definition) is 3. The number of nitrogens with two attached hydrogens (primary N) is 1. The van der Waals surface area contributed by atoms with E-state index in [1.54, 1.807) is 4.90 Å². The molecule has 124 valence electrons. The molecule has 0 aromatic heterocycles. The fourth-order valence-corrected chi connectivity index (χ4v) is 3.20. The molecule has 1 atom stereocenters. The highest BCUT2D eigenvalue weighted by molar-refractivity contribution is 5.94. The number of anilines is 1. The number of carbonyl (C=O) groups excluding carboxylic acids is 2. The van der Waals surface area contributed by atoms with Crippen LogP contribution < -0.4 is 16.0 Å². The highest BCUT2D eigenvalue weighted by atomic mass is 16.2. The standard InChI is InChI=1S/C17H24N4O2/c18-14-3-1-2-9-20(12-14)16(22)11-13-4-6-15(7-5-13)21-10-8-19-17(21)23/h4-7,14H,1-3,8-12,18H2,(H,19,23)/t14-/m0/s1. The maximum Gasteiger partial charge on any atom is 0.321 e. The predicted octanol–water partition coefficient (Wildman–Crippen LogP) is 1.10. The second-order valence-corrected chi connectivity index (χ2v) is 6.32. The Bertz CT molecular complexity index is 572. The van der Waals surface area contributed by atoms with Gasteiger partial charge in [-0.3, -0.25) is 9.69 Å². The molecule has 2 fully saturated rings. The number of rotatable bonds is 3. The first-order valence-corrected chi connectivity index (χ1v) is 8.31. The molecule has 2 aliphatic rings. The molecule has 0 spiro atoms. The topological polar surface area (TPSA) is 78.7 Å². The highest BCUT2D eigenvalue weighted by Crippen LogP contribution is 2.18. The zero-order valence-electron chi connectivity index (χ0n) is 13.3. The van der Waals surface area contributed by atoms with E-state index in [1.165, 1.54) is 0 Å². The van der Waals surface area contributed by atoms with E-state index in [1.807, 2.05) is 29.2 Å². The Labute approximate surface area is 136 Å². The summed E-state index contributed by atoms with van der Waals surface area (Å²) >= 11 is 0. The van der Waals surface area contributed by atoms with Crippen molar-refractivity contribution in [2.45, 2.75) is 31.7 Å². The minimum absolute atomic E-state index is 0.0626. The molecule has 3 N–H and O–H groups in total. The van der Waals surface area contributed by atoms with Crippen LogP contribution >= 0.6 is 0 Å². The van der Waals surface area contributed by atoms with Gasteiger partial charge in [-0.15, -0.1) is 0 Å². The maximum atomic E-state index is 12.5. The van der Waals surface area contributed by atoms with Gasteiger partial charge in [0.15, 0.2) is 0 Å². The van der Waals surface area contributed by atoms with Gasteiger partial charge in [-0.05, 0) is 30.5 Å². The Morgan fingerprint density at radius 2 is 2.00 bits per heavy atom. The summed E-state index contributed by atoms with van der Waals surface area (Å²) in [4.78, 5) is 27.7. The summed E-state index contributed by atoms with van der Waals surface area (Å²) in [6.07, 6.45) is 3.51. The van der Waals surface area contributed by atoms with Crippen molar-refractivity contribution < 1.29 is 9.59 Å². The van der Waals surface area contributed by atoms with Gasteiger partial charge in [0.25, 0.3) is 0 Å². The average molecular weight is 316 g/mol. The van der Waals surface area contributed by atoms with Crippen molar-refractivity contribution in [1.82, 2.24) is 10.2 Å². The lowest BCUT2D eigenvalue weighted by Crippen LogP contribution is -2.40. The molecule has 0 aliphatic carbocycles. The third-order valence-electron chi connectivity index (χ3n) is 4.52. The van der Waals surface area contributed by atoms with Crippen LogP contribution in [0.3, 0.4) is 0 Å². The number of likely N-dealkylation sites (tertiary alicyclic amines) is 1. The van der Waals surface area contributed by atoms with Gasteiger partial charge < -0.3 is 16.0 Å². The number of hydrogen-bond donors (Lipinski definition) is 2. The summed E-state index contributed by atoms with van der Waals surface area (Å²) < 4.78 is 0. The van der Waals surface area contributed by atoms with Crippen molar-refractivity contribution in [1.29, 1.82) is 0 Å². The quantitative estimate of drug-likeness (QED) is 0.876. The number of amides is 3. The van der Waals surface area contributed by atoms with Crippen LogP contribution in [0, 0.1) is 0 Å². The van der Waals surface area contributed by atoms with Gasteiger partial charge in [-0.25, -0.2) is 4.79 Å². The van der Waals surface area contributed by atoms with E-state index in [2.05, 4.69) is 5.32 Å². The maximum absolute atomic E-state index is 12.5. The van der Waals surface area contributed by atoms with Crippen molar-refractivity contribution in [3.8, 4) is 0 Å². The fourth-order valence-electron chi connectivity index (χ4n) is 3.20. The second-order valence-electron chi connectivity index (χ2n) is 6.32. The lowest BCUT2D eigenvalue weighted by molar-refractivity contribution is -0.130. The number of nitrogens with zero attached hydrogens (tertiary/aromatic N) is 2. The van der Waals surface area contributed by atoms with E-state index in [0.29, 0.717) is 26.1 Å². The third-order valence-corrected chi connectivity index (χ3v) is 4.52. The summed E-state index contributed by atoms with van der Waals surface area (Å²) in [6.45, 7) is 2.82. The van der Waals surface area contributed by atoms with Crippen LogP contribution in [0.25, 0.3) is 0 Å². The molecule has 1 aromatic rings. The molecule has 0 radical (unpaired) electrons. The highest BCUT2D eigenvalue weighted by Gasteiger charge is 2.22. The Morgan fingerprint density at radius 3 is 2.70 bits per heavy atom. The van der Waals surface area contributed by atoms with Gasteiger partial charge >= 0.3 is 6.03 Å². The molecule has 6 nitrogen and oxygen atoms in total. The van der Waals surface area contributed by atoms with E-state index < -0.39 is 0 Å². The number of urea groups is 1. The van der Waals surface area contributed by atoms with Gasteiger partial charge in [0, 0.05) is 37.9 Å². The van der Waals surface area contributed by atoms with Gasteiger partial charge in [0.05, 0.1) is 6.42 Å². The summed E-state index contributed by atoms with van der Waals surface area (Å²) in [5.74, 6) is 0.133. The predicted molar refractivity (Wildman–Crippen MR) is 89.3 cm³/mol. The third kappa shape index (κ3) is 3.82. The Balaban J connectivity index is 1.61. The molecule has 0 unspecified atom stereocenters. The van der Waals surface area contributed by atoms with Crippen LogP contribution in [0.15, 0.2) is 24.3 Å². The number of nitrogens with one attached hydrogen (secondary N) is 1. The lowest BCUT2D eigenvalue weighted by atomic mass is 10.1. The first-order chi connectivity index (χ1) is 11.1. The Hall–Kier alpha value is -2.08. The molecule has 3 rings (SSSR count). The Morgan fingerprint density at radius 1 is 1.22 bits per heavy atom. The average Bonchev–Trinajstić information content (AvgIpc) is 2.84. The molecule has 0 bridgehead atoms. The molecule has 2 saturated heterocycles. The van der Waals surface area contributed by atoms with Crippen molar-refractivity contribution in [2.75, 3.05) is 31.1 Å².